The molecule has 84 valence electrons. The Kier molecular flexibility index (Phi) is 8.79. The van der Waals surface area contributed by atoms with E-state index >= 15 is 0 Å². The summed E-state index contributed by atoms with van der Waals surface area (Å²) >= 11 is 0. The van der Waals surface area contributed by atoms with Crippen LogP contribution in [0.25, 0.3) is 0 Å². The summed E-state index contributed by atoms with van der Waals surface area (Å²) in [5, 5.41) is 8.33. The number of aliphatic hydroxyl groups excluding tert-OH is 1. The van der Waals surface area contributed by atoms with E-state index in [1.54, 1.807) is 0 Å². The van der Waals surface area contributed by atoms with E-state index in [2.05, 4.69) is 25.6 Å². The molecule has 15 heavy (non-hydrogen) atoms. The molecule has 0 aliphatic rings. The molecule has 1 aromatic carbocycles. The SMILES string of the molecule is C=CCc1ccccc1.CCC(C)CO. The lowest BCUT2D eigenvalue weighted by Crippen LogP contribution is -1.96. The average Bonchev–Trinajstić information content (AvgIpc) is 2.31. The Morgan fingerprint density at radius 1 is 1.33 bits per heavy atom. The van der Waals surface area contributed by atoms with Crippen molar-refractivity contribution in [3.8, 4) is 0 Å². The van der Waals surface area contributed by atoms with Gasteiger partial charge in [0.05, 0.1) is 0 Å². The van der Waals surface area contributed by atoms with Crippen molar-refractivity contribution in [3.63, 3.8) is 0 Å². The minimum Gasteiger partial charge on any atom is -0.396 e. The standard InChI is InChI=1S/C9H10.C5H12O/c1-2-6-9-7-4-3-5-8-9;1-3-5(2)4-6/h2-5,7-8H,1,6H2;5-6H,3-4H2,1-2H3. The first-order chi connectivity index (χ1) is 7.24. The van der Waals surface area contributed by atoms with E-state index in [-0.39, 0.29) is 0 Å². The number of hydrogen-bond donors (Lipinski definition) is 1. The molecule has 0 fully saturated rings. The van der Waals surface area contributed by atoms with Crippen molar-refractivity contribution in [1.82, 2.24) is 0 Å². The van der Waals surface area contributed by atoms with Crippen LogP contribution in [-0.2, 0) is 6.42 Å². The Morgan fingerprint density at radius 3 is 2.27 bits per heavy atom. The van der Waals surface area contributed by atoms with Crippen molar-refractivity contribution in [2.75, 3.05) is 6.61 Å². The number of rotatable bonds is 4. The zero-order valence-corrected chi connectivity index (χ0v) is 9.82. The third-order valence-corrected chi connectivity index (χ3v) is 2.23. The monoisotopic (exact) mass is 206 g/mol. The van der Waals surface area contributed by atoms with Gasteiger partial charge < -0.3 is 5.11 Å². The van der Waals surface area contributed by atoms with Crippen LogP contribution in [0, 0.1) is 5.92 Å². The van der Waals surface area contributed by atoms with Gasteiger partial charge in [0.25, 0.3) is 0 Å². The molecule has 1 aromatic rings. The minimum absolute atomic E-state index is 0.330. The minimum atomic E-state index is 0.330. The first-order valence-corrected chi connectivity index (χ1v) is 5.50. The van der Waals surface area contributed by atoms with Crippen LogP contribution >= 0.6 is 0 Å². The van der Waals surface area contributed by atoms with Crippen LogP contribution in [0.4, 0.5) is 0 Å². The molecule has 1 unspecified atom stereocenters. The maximum absolute atomic E-state index is 8.33. The van der Waals surface area contributed by atoms with Gasteiger partial charge in [0.1, 0.15) is 0 Å². The molecule has 0 aliphatic carbocycles. The number of benzene rings is 1. The van der Waals surface area contributed by atoms with Crippen molar-refractivity contribution >= 4 is 0 Å². The number of hydrogen-bond acceptors (Lipinski definition) is 1. The fourth-order valence-electron chi connectivity index (χ4n) is 0.910. The molecule has 0 aromatic heterocycles. The molecule has 0 radical (unpaired) electrons. The highest BCUT2D eigenvalue weighted by molar-refractivity contribution is 5.16. The Labute approximate surface area is 93.5 Å². The zero-order chi connectivity index (χ0) is 11.5. The predicted octanol–water partition coefficient (Wildman–Crippen LogP) is 3.44. The smallest absolute Gasteiger partial charge is 0.0456 e. The largest absolute Gasteiger partial charge is 0.396 e. The summed E-state index contributed by atoms with van der Waals surface area (Å²) in [5.41, 5.74) is 1.33. The van der Waals surface area contributed by atoms with Crippen LogP contribution in [0.2, 0.25) is 0 Å². The molecule has 0 spiro atoms. The molecule has 0 aliphatic heterocycles. The molecule has 1 atom stereocenters. The molecule has 1 heteroatoms. The Bertz CT molecular complexity index is 237. The second-order valence-corrected chi connectivity index (χ2v) is 3.67. The van der Waals surface area contributed by atoms with E-state index in [1.807, 2.05) is 31.2 Å². The Hall–Kier alpha value is -1.08. The highest BCUT2D eigenvalue weighted by atomic mass is 16.3. The molecule has 0 heterocycles. The number of aliphatic hydroxyl groups is 1. The zero-order valence-electron chi connectivity index (χ0n) is 9.82. The highest BCUT2D eigenvalue weighted by Gasteiger charge is 1.90. The molecule has 1 nitrogen and oxygen atoms in total. The van der Waals surface area contributed by atoms with Crippen molar-refractivity contribution in [2.45, 2.75) is 26.7 Å². The van der Waals surface area contributed by atoms with Gasteiger partial charge in [-0.15, -0.1) is 6.58 Å². The second-order valence-electron chi connectivity index (χ2n) is 3.67. The van der Waals surface area contributed by atoms with Crippen LogP contribution in [0.15, 0.2) is 43.0 Å². The van der Waals surface area contributed by atoms with E-state index in [4.69, 9.17) is 5.11 Å². The van der Waals surface area contributed by atoms with E-state index in [0.29, 0.717) is 12.5 Å². The van der Waals surface area contributed by atoms with Gasteiger partial charge >= 0.3 is 0 Å². The van der Waals surface area contributed by atoms with Gasteiger partial charge in [-0.25, -0.2) is 0 Å². The lowest BCUT2D eigenvalue weighted by atomic mass is 10.1. The molecular weight excluding hydrogens is 184 g/mol. The van der Waals surface area contributed by atoms with E-state index in [0.717, 1.165) is 12.8 Å². The Morgan fingerprint density at radius 2 is 1.93 bits per heavy atom. The van der Waals surface area contributed by atoms with Crippen molar-refractivity contribution in [3.05, 3.63) is 48.6 Å². The Balaban J connectivity index is 0.000000288. The third kappa shape index (κ3) is 7.95. The lowest BCUT2D eigenvalue weighted by Gasteiger charge is -1.98. The summed E-state index contributed by atoms with van der Waals surface area (Å²) in [4.78, 5) is 0. The second kappa shape index (κ2) is 9.47. The van der Waals surface area contributed by atoms with Crippen LogP contribution in [0.3, 0.4) is 0 Å². The van der Waals surface area contributed by atoms with Gasteiger partial charge in [-0.05, 0) is 17.9 Å². The van der Waals surface area contributed by atoms with Gasteiger partial charge in [0.15, 0.2) is 0 Å². The first-order valence-electron chi connectivity index (χ1n) is 5.50. The molecule has 1 N–H and O–H groups in total. The maximum Gasteiger partial charge on any atom is 0.0456 e. The maximum atomic E-state index is 8.33. The summed E-state index contributed by atoms with van der Waals surface area (Å²) in [6.45, 7) is 8.08. The quantitative estimate of drug-likeness (QED) is 0.748. The molecule has 0 saturated carbocycles. The fourth-order valence-corrected chi connectivity index (χ4v) is 0.910. The van der Waals surface area contributed by atoms with Gasteiger partial charge in [-0.3, -0.25) is 0 Å². The molecule has 0 amide bonds. The normalized spacial score (nSPS) is 11.1. The van der Waals surface area contributed by atoms with Gasteiger partial charge in [-0.1, -0.05) is 56.7 Å². The van der Waals surface area contributed by atoms with Gasteiger partial charge in [0.2, 0.25) is 0 Å². The van der Waals surface area contributed by atoms with E-state index in [9.17, 15) is 0 Å². The van der Waals surface area contributed by atoms with Crippen molar-refractivity contribution in [1.29, 1.82) is 0 Å². The molecular formula is C14H22O. The number of allylic oxidation sites excluding steroid dienone is 1. The summed E-state index contributed by atoms with van der Waals surface area (Å²) in [6, 6.07) is 10.3. The van der Waals surface area contributed by atoms with Gasteiger partial charge in [-0.2, -0.15) is 0 Å². The lowest BCUT2D eigenvalue weighted by molar-refractivity contribution is 0.234. The summed E-state index contributed by atoms with van der Waals surface area (Å²) < 4.78 is 0. The first kappa shape index (κ1) is 13.9. The molecule has 1 rings (SSSR count). The van der Waals surface area contributed by atoms with Gasteiger partial charge in [0, 0.05) is 6.61 Å². The molecule has 0 saturated heterocycles. The van der Waals surface area contributed by atoms with Crippen LogP contribution in [0.5, 0.6) is 0 Å². The van der Waals surface area contributed by atoms with E-state index < -0.39 is 0 Å². The van der Waals surface area contributed by atoms with Crippen LogP contribution in [-0.4, -0.2) is 11.7 Å². The summed E-state index contributed by atoms with van der Waals surface area (Å²) in [6.07, 6.45) is 3.96. The van der Waals surface area contributed by atoms with Crippen molar-refractivity contribution in [2.24, 2.45) is 5.92 Å². The van der Waals surface area contributed by atoms with Crippen molar-refractivity contribution < 1.29 is 5.11 Å². The highest BCUT2D eigenvalue weighted by Crippen LogP contribution is 1.98. The van der Waals surface area contributed by atoms with Crippen LogP contribution < -0.4 is 0 Å². The topological polar surface area (TPSA) is 20.2 Å². The van der Waals surface area contributed by atoms with E-state index in [1.165, 1.54) is 5.56 Å². The van der Waals surface area contributed by atoms with Crippen LogP contribution in [0.1, 0.15) is 25.8 Å². The summed E-state index contributed by atoms with van der Waals surface area (Å²) in [7, 11) is 0. The summed E-state index contributed by atoms with van der Waals surface area (Å²) in [5.74, 6) is 0.491. The predicted molar refractivity (Wildman–Crippen MR) is 66.9 cm³/mol. The molecule has 0 bridgehead atoms. The average molecular weight is 206 g/mol. The third-order valence-electron chi connectivity index (χ3n) is 2.23. The fraction of sp³-hybridized carbons (Fsp3) is 0.429.